The lowest BCUT2D eigenvalue weighted by Gasteiger charge is -2.27. The topological polar surface area (TPSA) is 0 Å². The van der Waals surface area contributed by atoms with Gasteiger partial charge in [-0.2, -0.15) is 0 Å². The van der Waals surface area contributed by atoms with Crippen LogP contribution in [0.15, 0.2) is 121 Å². The van der Waals surface area contributed by atoms with Crippen LogP contribution in [0.5, 0.6) is 0 Å². The monoisotopic (exact) mass is 558 g/mol. The van der Waals surface area contributed by atoms with Crippen LogP contribution in [0.1, 0.15) is 56.9 Å². The van der Waals surface area contributed by atoms with Gasteiger partial charge in [-0.3, -0.25) is 0 Å². The van der Waals surface area contributed by atoms with Crippen molar-refractivity contribution in [1.82, 2.24) is 0 Å². The van der Waals surface area contributed by atoms with Gasteiger partial charge in [0.05, 0.1) is 6.16 Å². The second-order valence-corrected chi connectivity index (χ2v) is 13.2. The van der Waals surface area contributed by atoms with Gasteiger partial charge in [-0.1, -0.05) is 117 Å². The first-order valence-corrected chi connectivity index (χ1v) is 15.5. The van der Waals surface area contributed by atoms with E-state index in [1.54, 1.807) is 0 Å². The molecule has 0 heterocycles. The molecule has 4 rings (SSSR count). The molecule has 0 radical (unpaired) electrons. The average molecular weight is 560 g/mol. The standard InChI is InChI=1S/C34H40P.BrH/c1(3-5-11-21-31-22-12-7-13-23-31)2-4-6-20-30-35(32-24-14-8-15-25-32,33-26-16-9-17-27-33)34-28-18-10-19-29-34;/h7-10,12-19,22-29H,1-6,11,20-21,30H2;1H/q+1;/p-1. The Morgan fingerprint density at radius 1 is 0.361 bits per heavy atom. The van der Waals surface area contributed by atoms with Crippen LogP contribution in [0.3, 0.4) is 0 Å². The molecule has 4 aromatic rings. The molecule has 0 saturated carbocycles. The number of hydrogen-bond donors (Lipinski definition) is 0. The van der Waals surface area contributed by atoms with Crippen LogP contribution < -0.4 is 32.9 Å². The van der Waals surface area contributed by atoms with Gasteiger partial charge >= 0.3 is 0 Å². The van der Waals surface area contributed by atoms with Crippen LogP contribution in [0, 0.1) is 0 Å². The Labute approximate surface area is 230 Å². The number of rotatable bonds is 14. The first kappa shape index (κ1) is 28.4. The fourth-order valence-electron chi connectivity index (χ4n) is 5.27. The number of aryl methyl sites for hydroxylation is 1. The number of benzene rings is 4. The van der Waals surface area contributed by atoms with Crippen LogP contribution in [0.4, 0.5) is 0 Å². The maximum absolute atomic E-state index is 2.36. The van der Waals surface area contributed by atoms with Crippen molar-refractivity contribution in [2.75, 3.05) is 6.16 Å². The Bertz CT molecular complexity index is 984. The molecule has 0 saturated heterocycles. The minimum Gasteiger partial charge on any atom is -1.00 e. The van der Waals surface area contributed by atoms with Gasteiger partial charge in [-0.25, -0.2) is 0 Å². The summed E-state index contributed by atoms with van der Waals surface area (Å²) in [6.45, 7) is 0. The molecule has 0 aliphatic rings. The van der Waals surface area contributed by atoms with E-state index in [4.69, 9.17) is 0 Å². The van der Waals surface area contributed by atoms with Crippen molar-refractivity contribution < 1.29 is 17.0 Å². The molecule has 2 heteroatoms. The Morgan fingerprint density at radius 2 is 0.694 bits per heavy atom. The molecule has 0 spiro atoms. The third kappa shape index (κ3) is 7.89. The zero-order valence-electron chi connectivity index (χ0n) is 21.4. The van der Waals surface area contributed by atoms with Gasteiger partial charge in [0, 0.05) is 0 Å². The highest BCUT2D eigenvalue weighted by Gasteiger charge is 2.44. The largest absolute Gasteiger partial charge is 1.00 e. The SMILES string of the molecule is [Br-].c1ccc(CCCCCCCCCC[P+](c2ccccc2)(c2ccccc2)c2ccccc2)cc1. The Morgan fingerprint density at radius 3 is 1.11 bits per heavy atom. The molecule has 188 valence electrons. The molecule has 0 aliphatic carbocycles. The van der Waals surface area contributed by atoms with Crippen LogP contribution in [-0.4, -0.2) is 6.16 Å². The molecule has 0 N–H and O–H groups in total. The number of halogens is 1. The van der Waals surface area contributed by atoms with Gasteiger partial charge in [0.25, 0.3) is 0 Å². The first-order valence-electron chi connectivity index (χ1n) is 13.5. The lowest BCUT2D eigenvalue weighted by Crippen LogP contribution is -3.00. The van der Waals surface area contributed by atoms with E-state index in [9.17, 15) is 0 Å². The molecule has 4 aromatic carbocycles. The zero-order chi connectivity index (χ0) is 24.0. The normalized spacial score (nSPS) is 11.1. The summed E-state index contributed by atoms with van der Waals surface area (Å²) in [5.41, 5.74) is 1.48. The van der Waals surface area contributed by atoms with Crippen molar-refractivity contribution in [1.29, 1.82) is 0 Å². The van der Waals surface area contributed by atoms with Crippen molar-refractivity contribution in [3.05, 3.63) is 127 Å². The van der Waals surface area contributed by atoms with Gasteiger partial charge < -0.3 is 17.0 Å². The van der Waals surface area contributed by atoms with Gasteiger partial charge in [-0.05, 0) is 67.6 Å². The van der Waals surface area contributed by atoms with Gasteiger partial charge in [0.15, 0.2) is 0 Å². The summed E-state index contributed by atoms with van der Waals surface area (Å²) in [5.74, 6) is 0. The van der Waals surface area contributed by atoms with Crippen molar-refractivity contribution in [2.45, 2.75) is 57.8 Å². The van der Waals surface area contributed by atoms with Crippen LogP contribution in [0.2, 0.25) is 0 Å². The molecule has 0 unspecified atom stereocenters. The van der Waals surface area contributed by atoms with E-state index in [0.717, 1.165) is 0 Å². The van der Waals surface area contributed by atoms with Crippen LogP contribution in [-0.2, 0) is 6.42 Å². The van der Waals surface area contributed by atoms with E-state index in [-0.39, 0.29) is 17.0 Å². The Hall–Kier alpha value is -2.21. The first-order chi connectivity index (χ1) is 17.4. The molecule has 0 aliphatic heterocycles. The molecule has 0 atom stereocenters. The smallest absolute Gasteiger partial charge is 0.112 e. The fraction of sp³-hybridized carbons (Fsp3) is 0.294. The third-order valence-electron chi connectivity index (χ3n) is 7.14. The summed E-state index contributed by atoms with van der Waals surface area (Å²) in [7, 11) is -1.65. The van der Waals surface area contributed by atoms with Gasteiger partial charge in [0.1, 0.15) is 23.2 Å². The highest BCUT2D eigenvalue weighted by atomic mass is 79.9. The fourth-order valence-corrected chi connectivity index (χ4v) is 9.68. The van der Waals surface area contributed by atoms with Crippen molar-refractivity contribution in [3.63, 3.8) is 0 Å². The Kier molecular flexibility index (Phi) is 12.5. The second-order valence-electron chi connectivity index (χ2n) is 9.60. The number of unbranched alkanes of at least 4 members (excludes halogenated alkanes) is 7. The lowest BCUT2D eigenvalue weighted by molar-refractivity contribution is -0.00000696. The molecule has 36 heavy (non-hydrogen) atoms. The quantitative estimate of drug-likeness (QED) is 0.144. The molecule has 0 amide bonds. The van der Waals surface area contributed by atoms with E-state index in [1.807, 2.05) is 0 Å². The molecule has 0 bridgehead atoms. The summed E-state index contributed by atoms with van der Waals surface area (Å²) in [5, 5.41) is 4.53. The summed E-state index contributed by atoms with van der Waals surface area (Å²) in [6.07, 6.45) is 13.3. The predicted molar refractivity (Wildman–Crippen MR) is 157 cm³/mol. The maximum atomic E-state index is 2.36. The molecule has 0 fully saturated rings. The summed E-state index contributed by atoms with van der Waals surface area (Å²) in [4.78, 5) is 0. The van der Waals surface area contributed by atoms with E-state index < -0.39 is 7.26 Å². The molecular weight excluding hydrogens is 519 g/mol. The van der Waals surface area contributed by atoms with E-state index >= 15 is 0 Å². The minimum absolute atomic E-state index is 0. The molecule has 0 aromatic heterocycles. The second kappa shape index (κ2) is 15.8. The maximum Gasteiger partial charge on any atom is 0.112 e. The molecule has 0 nitrogen and oxygen atoms in total. The number of hydrogen-bond acceptors (Lipinski definition) is 0. The zero-order valence-corrected chi connectivity index (χ0v) is 23.9. The highest BCUT2D eigenvalue weighted by Crippen LogP contribution is 2.56. The van der Waals surface area contributed by atoms with Gasteiger partial charge in [-0.15, -0.1) is 0 Å². The average Bonchev–Trinajstić information content (AvgIpc) is 2.94. The highest BCUT2D eigenvalue weighted by molar-refractivity contribution is 7.95. The summed E-state index contributed by atoms with van der Waals surface area (Å²) < 4.78 is 0. The predicted octanol–water partition coefficient (Wildman–Crippen LogP) is 5.35. The van der Waals surface area contributed by atoms with Crippen molar-refractivity contribution in [3.8, 4) is 0 Å². The van der Waals surface area contributed by atoms with Crippen LogP contribution >= 0.6 is 7.26 Å². The molecular formula is C34H40BrP. The Balaban J connectivity index is 0.00000361. The van der Waals surface area contributed by atoms with Gasteiger partial charge in [0.2, 0.25) is 0 Å². The summed E-state index contributed by atoms with van der Waals surface area (Å²) >= 11 is 0. The summed E-state index contributed by atoms with van der Waals surface area (Å²) in [6, 6.07) is 44.8. The minimum atomic E-state index is -1.65. The van der Waals surface area contributed by atoms with Crippen molar-refractivity contribution >= 4 is 23.2 Å². The van der Waals surface area contributed by atoms with E-state index in [1.165, 1.54) is 85.4 Å². The van der Waals surface area contributed by atoms with E-state index in [0.29, 0.717) is 0 Å². The van der Waals surface area contributed by atoms with Crippen molar-refractivity contribution in [2.24, 2.45) is 0 Å². The third-order valence-corrected chi connectivity index (χ3v) is 11.7. The lowest BCUT2D eigenvalue weighted by atomic mass is 10.0. The van der Waals surface area contributed by atoms with E-state index in [2.05, 4.69) is 121 Å². The van der Waals surface area contributed by atoms with Crippen LogP contribution in [0.25, 0.3) is 0 Å².